The van der Waals surface area contributed by atoms with Gasteiger partial charge in [0.2, 0.25) is 0 Å². The SMILES string of the molecule is C=C1/C(=C(\C=C/CC)CC(C)C)C(CNC2CC2)C#CCN1CCCOCC. The molecule has 28 heavy (non-hydrogen) atoms. The highest BCUT2D eigenvalue weighted by Crippen LogP contribution is 2.31. The predicted molar refractivity (Wildman–Crippen MR) is 120 cm³/mol. The molecule has 2 aliphatic rings. The van der Waals surface area contributed by atoms with E-state index in [1.165, 1.54) is 24.0 Å². The molecule has 0 saturated heterocycles. The van der Waals surface area contributed by atoms with E-state index in [1.54, 1.807) is 0 Å². The highest BCUT2D eigenvalue weighted by Gasteiger charge is 2.27. The van der Waals surface area contributed by atoms with Gasteiger partial charge in [0, 0.05) is 38.0 Å². The van der Waals surface area contributed by atoms with Gasteiger partial charge in [0.1, 0.15) is 0 Å². The van der Waals surface area contributed by atoms with Gasteiger partial charge in [0.05, 0.1) is 12.5 Å². The molecule has 0 amide bonds. The van der Waals surface area contributed by atoms with E-state index in [0.29, 0.717) is 12.0 Å². The summed E-state index contributed by atoms with van der Waals surface area (Å²) in [6.07, 6.45) is 10.3. The molecule has 2 rings (SSSR count). The third kappa shape index (κ3) is 7.49. The van der Waals surface area contributed by atoms with Crippen LogP contribution in [0.15, 0.2) is 35.6 Å². The molecule has 3 heteroatoms. The lowest BCUT2D eigenvalue weighted by Crippen LogP contribution is -2.30. The second kappa shape index (κ2) is 12.1. The molecule has 0 aromatic rings. The minimum atomic E-state index is 0.222. The number of ether oxygens (including phenoxy) is 1. The summed E-state index contributed by atoms with van der Waals surface area (Å²) in [5.41, 5.74) is 3.91. The molecular formula is C25H40N2O. The predicted octanol–water partition coefficient (Wildman–Crippen LogP) is 4.92. The van der Waals surface area contributed by atoms with Crippen molar-refractivity contribution >= 4 is 0 Å². The van der Waals surface area contributed by atoms with Crippen molar-refractivity contribution in [3.63, 3.8) is 0 Å². The van der Waals surface area contributed by atoms with E-state index < -0.39 is 0 Å². The number of nitrogens with zero attached hydrogens (tertiary/aromatic N) is 1. The van der Waals surface area contributed by atoms with Crippen LogP contribution in [0.25, 0.3) is 0 Å². The topological polar surface area (TPSA) is 24.5 Å². The second-order valence-electron chi connectivity index (χ2n) is 8.32. The van der Waals surface area contributed by atoms with Crippen LogP contribution in [0, 0.1) is 23.7 Å². The van der Waals surface area contributed by atoms with Crippen molar-refractivity contribution in [3.05, 3.63) is 35.6 Å². The van der Waals surface area contributed by atoms with Crippen molar-refractivity contribution in [1.82, 2.24) is 10.2 Å². The molecule has 1 saturated carbocycles. The summed E-state index contributed by atoms with van der Waals surface area (Å²) in [5.74, 6) is 7.83. The van der Waals surface area contributed by atoms with Gasteiger partial charge >= 0.3 is 0 Å². The maximum absolute atomic E-state index is 5.54. The first-order chi connectivity index (χ1) is 13.6. The summed E-state index contributed by atoms with van der Waals surface area (Å²) in [6, 6.07) is 0.696. The Bertz CT molecular complexity index is 616. The molecule has 1 fully saturated rings. The van der Waals surface area contributed by atoms with Gasteiger partial charge < -0.3 is 15.0 Å². The van der Waals surface area contributed by atoms with Gasteiger partial charge in [-0.15, -0.1) is 0 Å². The van der Waals surface area contributed by atoms with E-state index >= 15 is 0 Å². The van der Waals surface area contributed by atoms with Gasteiger partial charge in [-0.1, -0.05) is 51.3 Å². The van der Waals surface area contributed by atoms with E-state index in [-0.39, 0.29) is 5.92 Å². The lowest BCUT2D eigenvalue weighted by molar-refractivity contribution is 0.138. The van der Waals surface area contributed by atoms with Crippen LogP contribution >= 0.6 is 0 Å². The first kappa shape index (κ1) is 22.8. The van der Waals surface area contributed by atoms with Crippen LogP contribution < -0.4 is 5.32 Å². The van der Waals surface area contributed by atoms with Crippen molar-refractivity contribution < 1.29 is 4.74 Å². The van der Waals surface area contributed by atoms with Crippen molar-refractivity contribution in [2.45, 2.75) is 65.8 Å². The van der Waals surface area contributed by atoms with Gasteiger partial charge in [-0.3, -0.25) is 0 Å². The second-order valence-corrected chi connectivity index (χ2v) is 8.32. The van der Waals surface area contributed by atoms with Crippen molar-refractivity contribution in [2.24, 2.45) is 11.8 Å². The molecule has 0 radical (unpaired) electrons. The quantitative estimate of drug-likeness (QED) is 0.382. The molecule has 1 heterocycles. The monoisotopic (exact) mass is 384 g/mol. The summed E-state index contributed by atoms with van der Waals surface area (Å²) in [4.78, 5) is 2.36. The molecule has 156 valence electrons. The smallest absolute Gasteiger partial charge is 0.0794 e. The molecule has 0 spiro atoms. The largest absolute Gasteiger partial charge is 0.382 e. The third-order valence-corrected chi connectivity index (χ3v) is 5.22. The van der Waals surface area contributed by atoms with E-state index in [0.717, 1.165) is 57.8 Å². The summed E-state index contributed by atoms with van der Waals surface area (Å²) in [6.45, 7) is 17.6. The van der Waals surface area contributed by atoms with Crippen LogP contribution in [0.1, 0.15) is 59.8 Å². The number of rotatable bonds is 12. The normalized spacial score (nSPS) is 21.8. The Morgan fingerprint density at radius 1 is 1.36 bits per heavy atom. The van der Waals surface area contributed by atoms with Crippen molar-refractivity contribution in [3.8, 4) is 11.8 Å². The van der Waals surface area contributed by atoms with Gasteiger partial charge in [0.25, 0.3) is 0 Å². The highest BCUT2D eigenvalue weighted by molar-refractivity contribution is 5.45. The minimum Gasteiger partial charge on any atom is -0.382 e. The molecule has 0 aromatic carbocycles. The molecule has 0 aromatic heterocycles. The summed E-state index contributed by atoms with van der Waals surface area (Å²) >= 11 is 0. The lowest BCUT2D eigenvalue weighted by atomic mass is 9.87. The molecule has 1 unspecified atom stereocenters. The maximum Gasteiger partial charge on any atom is 0.0794 e. The summed E-state index contributed by atoms with van der Waals surface area (Å²) < 4.78 is 5.54. The number of allylic oxidation sites excluding steroid dienone is 4. The van der Waals surface area contributed by atoms with Crippen LogP contribution in [0.3, 0.4) is 0 Å². The molecule has 1 aliphatic carbocycles. The average molecular weight is 385 g/mol. The van der Waals surface area contributed by atoms with Crippen LogP contribution in [-0.2, 0) is 4.74 Å². The Morgan fingerprint density at radius 2 is 2.14 bits per heavy atom. The molecule has 0 bridgehead atoms. The lowest BCUT2D eigenvalue weighted by Gasteiger charge is -2.29. The fraction of sp³-hybridized carbons (Fsp3) is 0.680. The molecular weight excluding hydrogens is 344 g/mol. The van der Waals surface area contributed by atoms with Crippen LogP contribution in [0.2, 0.25) is 0 Å². The summed E-state index contributed by atoms with van der Waals surface area (Å²) in [5, 5.41) is 3.70. The maximum atomic E-state index is 5.54. The Kier molecular flexibility index (Phi) is 9.88. The van der Waals surface area contributed by atoms with Gasteiger partial charge in [-0.25, -0.2) is 0 Å². The Labute approximate surface area is 173 Å². The fourth-order valence-electron chi connectivity index (χ4n) is 3.62. The Balaban J connectivity index is 2.27. The van der Waals surface area contributed by atoms with Crippen molar-refractivity contribution in [1.29, 1.82) is 0 Å². The molecule has 1 aliphatic heterocycles. The first-order valence-corrected chi connectivity index (χ1v) is 11.2. The number of hydrogen-bond acceptors (Lipinski definition) is 3. The van der Waals surface area contributed by atoms with E-state index in [9.17, 15) is 0 Å². The number of hydrogen-bond donors (Lipinski definition) is 1. The zero-order chi connectivity index (χ0) is 20.4. The molecule has 3 nitrogen and oxygen atoms in total. The number of nitrogens with one attached hydrogen (secondary N) is 1. The zero-order valence-corrected chi connectivity index (χ0v) is 18.5. The molecule has 1 N–H and O–H groups in total. The summed E-state index contributed by atoms with van der Waals surface area (Å²) in [7, 11) is 0. The molecule has 1 atom stereocenters. The van der Waals surface area contributed by atoms with E-state index in [1.807, 2.05) is 6.92 Å². The standard InChI is InChI=1S/C25H40N2O/c1-6-8-11-22(18-20(3)4)25-21(5)27(16-10-17-28-7-2)15-9-12-23(25)19-26-24-13-14-24/h8,11,20,23-24,26H,5-7,10,13-19H2,1-4H3/b11-8-,25-22-. The van der Waals surface area contributed by atoms with Crippen LogP contribution in [-0.4, -0.2) is 43.8 Å². The average Bonchev–Trinajstić information content (AvgIpc) is 3.49. The Morgan fingerprint density at radius 3 is 2.79 bits per heavy atom. The van der Waals surface area contributed by atoms with E-state index in [4.69, 9.17) is 4.74 Å². The highest BCUT2D eigenvalue weighted by atomic mass is 16.5. The van der Waals surface area contributed by atoms with Gasteiger partial charge in [-0.05, 0) is 56.1 Å². The van der Waals surface area contributed by atoms with Gasteiger partial charge in [0.15, 0.2) is 0 Å². The van der Waals surface area contributed by atoms with Crippen LogP contribution in [0.5, 0.6) is 0 Å². The van der Waals surface area contributed by atoms with Crippen molar-refractivity contribution in [2.75, 3.05) is 32.8 Å². The van der Waals surface area contributed by atoms with Gasteiger partial charge in [-0.2, -0.15) is 0 Å². The zero-order valence-electron chi connectivity index (χ0n) is 18.5. The Hall–Kier alpha value is -1.50. The van der Waals surface area contributed by atoms with Crippen LogP contribution in [0.4, 0.5) is 0 Å². The van der Waals surface area contributed by atoms with E-state index in [2.05, 4.69) is 61.6 Å². The first-order valence-electron chi connectivity index (χ1n) is 11.2. The fourth-order valence-corrected chi connectivity index (χ4v) is 3.62. The minimum absolute atomic E-state index is 0.222. The third-order valence-electron chi connectivity index (χ3n) is 5.22.